The molecule has 0 aliphatic rings. The largest absolute Gasteiger partial charge is 0.456 e. The summed E-state index contributed by atoms with van der Waals surface area (Å²) >= 11 is 2.59. The highest BCUT2D eigenvalue weighted by Crippen LogP contribution is 2.21. The van der Waals surface area contributed by atoms with E-state index in [4.69, 9.17) is 19.8 Å². The summed E-state index contributed by atoms with van der Waals surface area (Å²) in [7, 11) is -4.38. The van der Waals surface area contributed by atoms with Crippen molar-refractivity contribution in [1.29, 1.82) is 0 Å². The van der Waals surface area contributed by atoms with E-state index in [1.165, 1.54) is 24.3 Å². The van der Waals surface area contributed by atoms with E-state index in [0.29, 0.717) is 5.56 Å². The van der Waals surface area contributed by atoms with Gasteiger partial charge in [0.05, 0.1) is 11.5 Å². The molecule has 4 atom stereocenters. The molecular weight excluding hydrogens is 516 g/mol. The molecule has 0 bridgehead atoms. The average molecular weight is 540 g/mol. The lowest BCUT2D eigenvalue weighted by molar-refractivity contribution is -0.193. The Labute approximate surface area is 194 Å². The number of ether oxygens (including phenoxy) is 3. The van der Waals surface area contributed by atoms with Crippen molar-refractivity contribution < 1.29 is 52.5 Å². The van der Waals surface area contributed by atoms with Crippen LogP contribution >= 0.6 is 15.9 Å². The van der Waals surface area contributed by atoms with Gasteiger partial charge >= 0.3 is 17.9 Å². The van der Waals surface area contributed by atoms with E-state index in [1.54, 1.807) is 0 Å². The van der Waals surface area contributed by atoms with Crippen molar-refractivity contribution in [2.75, 3.05) is 6.61 Å². The van der Waals surface area contributed by atoms with Crippen LogP contribution in [0.15, 0.2) is 29.2 Å². The third kappa shape index (κ3) is 8.65. The fraction of sp³-hybridized carbons (Fsp3) is 0.474. The lowest BCUT2D eigenvalue weighted by Crippen LogP contribution is -2.53. The molecule has 13 heteroatoms. The minimum Gasteiger partial charge on any atom is -0.456 e. The topological polar surface area (TPSA) is 160 Å². The van der Waals surface area contributed by atoms with Crippen molar-refractivity contribution in [3.8, 4) is 0 Å². The summed E-state index contributed by atoms with van der Waals surface area (Å²) in [5.74, 6) is -2.90. The molecule has 1 rings (SSSR count). The Morgan fingerprint density at radius 2 is 1.47 bits per heavy atom. The fourth-order valence-electron chi connectivity index (χ4n) is 2.45. The minimum absolute atomic E-state index is 0.0582. The Morgan fingerprint density at radius 1 is 0.969 bits per heavy atom. The Balaban J connectivity index is 3.20. The fourth-order valence-corrected chi connectivity index (χ4v) is 3.73. The molecule has 0 fully saturated rings. The van der Waals surface area contributed by atoms with Gasteiger partial charge in [-0.3, -0.25) is 23.4 Å². The van der Waals surface area contributed by atoms with Crippen molar-refractivity contribution in [3.63, 3.8) is 0 Å². The predicted molar refractivity (Wildman–Crippen MR) is 111 cm³/mol. The molecule has 0 saturated heterocycles. The van der Waals surface area contributed by atoms with Gasteiger partial charge in [-0.2, -0.15) is 8.42 Å². The van der Waals surface area contributed by atoms with Gasteiger partial charge in [0.1, 0.15) is 6.10 Å². The van der Waals surface area contributed by atoms with Gasteiger partial charge in [0.15, 0.2) is 12.2 Å². The molecule has 0 aliphatic heterocycles. The molecule has 0 heterocycles. The highest BCUT2D eigenvalue weighted by molar-refractivity contribution is 9.18. The van der Waals surface area contributed by atoms with Crippen molar-refractivity contribution in [2.45, 2.75) is 57.0 Å². The van der Waals surface area contributed by atoms with Crippen LogP contribution in [0.5, 0.6) is 0 Å². The highest BCUT2D eigenvalue weighted by atomic mass is 79.9. The van der Waals surface area contributed by atoms with Crippen LogP contribution < -0.4 is 0 Å². The minimum atomic E-state index is -4.38. The summed E-state index contributed by atoms with van der Waals surface area (Å²) in [6.45, 7) is 1.84. The zero-order chi connectivity index (χ0) is 25.3. The van der Waals surface area contributed by atoms with Gasteiger partial charge in [0, 0.05) is 22.1 Å². The monoisotopic (exact) mass is 539 g/mol. The summed E-state index contributed by atoms with van der Waals surface area (Å²) in [6, 6.07) is 5.22. The average Bonchev–Trinajstić information content (AvgIpc) is 2.72. The zero-order valence-corrected chi connectivity index (χ0v) is 19.8. The standard InChI is InChI=1S/C19H23BrO11S/c1-10-5-7-14(8-6-10)32(26,27)28-9-15(24)16(29-11(2)21)17(30-12(3)22)18(19(20)25)31-13(4)23/h5-8,15-18,24H,9H2,1-4H3/t15-,16+,17+,18-/m1/s1/i1D. The summed E-state index contributed by atoms with van der Waals surface area (Å²) in [5.41, 5.74) is 0.559. The van der Waals surface area contributed by atoms with E-state index in [-0.39, 0.29) is 11.8 Å². The number of hydrogen-bond acceptors (Lipinski definition) is 11. The van der Waals surface area contributed by atoms with Crippen molar-refractivity contribution in [3.05, 3.63) is 29.8 Å². The molecule has 1 aromatic rings. The quantitative estimate of drug-likeness (QED) is 0.183. The van der Waals surface area contributed by atoms with E-state index in [9.17, 15) is 32.7 Å². The number of benzene rings is 1. The van der Waals surface area contributed by atoms with Crippen LogP contribution in [0.2, 0.25) is 0 Å². The third-order valence-corrected chi connectivity index (χ3v) is 5.48. The molecule has 178 valence electrons. The van der Waals surface area contributed by atoms with Crippen LogP contribution in [0.3, 0.4) is 0 Å². The lowest BCUT2D eigenvalue weighted by Gasteiger charge is -2.32. The molecule has 32 heavy (non-hydrogen) atoms. The maximum atomic E-state index is 12.4. The number of carbonyl (C=O) groups excluding carboxylic acids is 4. The number of aryl methyl sites for hydroxylation is 1. The molecule has 0 aromatic heterocycles. The smallest absolute Gasteiger partial charge is 0.303 e. The van der Waals surface area contributed by atoms with Crippen LogP contribution in [0.1, 0.15) is 27.7 Å². The molecule has 0 amide bonds. The number of esters is 3. The first-order valence-corrected chi connectivity index (χ1v) is 11.1. The molecule has 11 nitrogen and oxygen atoms in total. The second-order valence-corrected chi connectivity index (χ2v) is 8.83. The Hall–Kier alpha value is -2.35. The summed E-state index contributed by atoms with van der Waals surface area (Å²) in [6.07, 6.45) is -7.46. The van der Waals surface area contributed by atoms with E-state index < -0.39 is 63.7 Å². The van der Waals surface area contributed by atoms with E-state index >= 15 is 0 Å². The van der Waals surface area contributed by atoms with Crippen LogP contribution in [-0.4, -0.2) is 67.1 Å². The van der Waals surface area contributed by atoms with Crippen LogP contribution in [-0.2, 0) is 47.7 Å². The maximum absolute atomic E-state index is 12.4. The molecule has 0 unspecified atom stereocenters. The number of hydrogen-bond donors (Lipinski definition) is 1. The Kier molecular flexibility index (Phi) is 9.75. The number of aliphatic hydroxyl groups is 1. The molecule has 0 spiro atoms. The van der Waals surface area contributed by atoms with Gasteiger partial charge in [-0.25, -0.2) is 0 Å². The second-order valence-electron chi connectivity index (χ2n) is 6.43. The van der Waals surface area contributed by atoms with Crippen LogP contribution in [0.4, 0.5) is 0 Å². The Bertz CT molecular complexity index is 964. The molecule has 0 saturated carbocycles. The van der Waals surface area contributed by atoms with Gasteiger partial charge in [-0.05, 0) is 35.0 Å². The zero-order valence-electron chi connectivity index (χ0n) is 18.3. The lowest BCUT2D eigenvalue weighted by atomic mass is 10.0. The number of carbonyl (C=O) groups is 4. The van der Waals surface area contributed by atoms with Gasteiger partial charge in [0.25, 0.3) is 10.1 Å². The molecule has 1 N–H and O–H groups in total. The predicted octanol–water partition coefficient (Wildman–Crippen LogP) is 0.778. The first-order valence-electron chi connectivity index (χ1n) is 9.65. The van der Waals surface area contributed by atoms with Crippen molar-refractivity contribution in [2.24, 2.45) is 0 Å². The summed E-state index contributed by atoms with van der Waals surface area (Å²) < 4.78 is 50.7. The SMILES string of the molecule is [2H]Cc1ccc(S(=O)(=O)OC[C@@H](O)[C@H](OC(C)=O)[C@H](OC(C)=O)[C@@H](OC(C)=O)C(=O)Br)cc1. The first-order chi connectivity index (χ1) is 15.3. The molecular formula is C19H23BrO11S. The normalized spacial score (nSPS) is 15.5. The van der Waals surface area contributed by atoms with Crippen LogP contribution in [0.25, 0.3) is 0 Å². The summed E-state index contributed by atoms with van der Waals surface area (Å²) in [4.78, 5) is 46.3. The summed E-state index contributed by atoms with van der Waals surface area (Å²) in [5, 5.41) is 10.5. The van der Waals surface area contributed by atoms with E-state index in [1.807, 2.05) is 0 Å². The van der Waals surface area contributed by atoms with E-state index in [0.717, 1.165) is 20.8 Å². The van der Waals surface area contributed by atoms with Crippen molar-refractivity contribution >= 4 is 48.6 Å². The molecule has 0 radical (unpaired) electrons. The number of rotatable bonds is 11. The van der Waals surface area contributed by atoms with Gasteiger partial charge in [0.2, 0.25) is 10.8 Å². The third-order valence-electron chi connectivity index (χ3n) is 3.73. The molecule has 0 aliphatic carbocycles. The highest BCUT2D eigenvalue weighted by Gasteiger charge is 2.44. The first kappa shape index (κ1) is 25.9. The van der Waals surface area contributed by atoms with Gasteiger partial charge in [-0.15, -0.1) is 0 Å². The maximum Gasteiger partial charge on any atom is 0.303 e. The number of aliphatic hydroxyl groups excluding tert-OH is 1. The van der Waals surface area contributed by atoms with Gasteiger partial charge < -0.3 is 19.3 Å². The molecule has 1 aromatic carbocycles. The van der Waals surface area contributed by atoms with Crippen molar-refractivity contribution in [1.82, 2.24) is 0 Å². The van der Waals surface area contributed by atoms with Crippen LogP contribution in [0, 0.1) is 6.90 Å². The van der Waals surface area contributed by atoms with E-state index in [2.05, 4.69) is 15.9 Å². The number of halogens is 1. The van der Waals surface area contributed by atoms with Gasteiger partial charge in [-0.1, -0.05) is 17.7 Å². The second kappa shape index (κ2) is 12.0. The Morgan fingerprint density at radius 3 is 1.91 bits per heavy atom.